The smallest absolute Gasteiger partial charge is 0.408 e. The number of carbonyl (C=O) groups excluding carboxylic acids is 3. The number of rotatable bonds is 11. The van der Waals surface area contributed by atoms with Gasteiger partial charge in [-0.05, 0) is 71.9 Å². The minimum absolute atomic E-state index is 0.0147. The van der Waals surface area contributed by atoms with Crippen LogP contribution in [0.1, 0.15) is 97.4 Å². The molecule has 7 nitrogen and oxygen atoms in total. The Morgan fingerprint density at radius 2 is 1.66 bits per heavy atom. The van der Waals surface area contributed by atoms with E-state index in [0.717, 1.165) is 29.5 Å². The lowest BCUT2D eigenvalue weighted by Crippen LogP contribution is -2.55. The first-order valence-corrected chi connectivity index (χ1v) is 12.9. The number of amides is 3. The van der Waals surface area contributed by atoms with Gasteiger partial charge in [-0.2, -0.15) is 0 Å². The Morgan fingerprint density at radius 1 is 1.03 bits per heavy atom. The highest BCUT2D eigenvalue weighted by molar-refractivity contribution is 5.92. The Kier molecular flexibility index (Phi) is 11.7. The fourth-order valence-electron chi connectivity index (χ4n) is 4.09. The molecular formula is C28H47N3O4. The molecule has 3 amide bonds. The van der Waals surface area contributed by atoms with E-state index >= 15 is 0 Å². The summed E-state index contributed by atoms with van der Waals surface area (Å²) >= 11 is 0. The zero-order chi connectivity index (χ0) is 26.9. The number of nitrogens with one attached hydrogen (secondary N) is 2. The summed E-state index contributed by atoms with van der Waals surface area (Å²) in [6, 6.07) is 4.31. The molecule has 0 aromatic heterocycles. The maximum Gasteiger partial charge on any atom is 0.408 e. The number of likely N-dealkylation sites (N-methyl/N-ethyl adjacent to an activating group) is 1. The molecule has 0 radical (unpaired) electrons. The first-order valence-electron chi connectivity index (χ1n) is 12.9. The number of nitrogens with zero attached hydrogens (tertiary/aromatic N) is 1. The van der Waals surface area contributed by atoms with Crippen LogP contribution in [0.3, 0.4) is 0 Å². The van der Waals surface area contributed by atoms with E-state index in [0.29, 0.717) is 13.0 Å². The summed E-state index contributed by atoms with van der Waals surface area (Å²) in [7, 11) is 0. The Balaban J connectivity index is 3.47. The molecule has 0 saturated heterocycles. The molecule has 0 bridgehead atoms. The van der Waals surface area contributed by atoms with E-state index in [4.69, 9.17) is 4.74 Å². The number of ether oxygens (including phenoxy) is 1. The second-order valence-corrected chi connectivity index (χ2v) is 10.6. The number of benzene rings is 1. The lowest BCUT2D eigenvalue weighted by atomic mass is 9.93. The molecule has 1 aromatic rings. The third kappa shape index (κ3) is 9.19. The molecule has 0 spiro atoms. The van der Waals surface area contributed by atoms with Crippen molar-refractivity contribution in [1.82, 2.24) is 15.5 Å². The molecular weight excluding hydrogens is 442 g/mol. The Hall–Kier alpha value is -2.57. The molecule has 4 unspecified atom stereocenters. The van der Waals surface area contributed by atoms with Crippen LogP contribution in [0.15, 0.2) is 18.2 Å². The van der Waals surface area contributed by atoms with E-state index < -0.39 is 23.8 Å². The maximum atomic E-state index is 14.0. The highest BCUT2D eigenvalue weighted by atomic mass is 16.6. The molecule has 4 atom stereocenters. The molecule has 1 rings (SSSR count). The van der Waals surface area contributed by atoms with E-state index in [2.05, 4.69) is 17.6 Å². The predicted molar refractivity (Wildman–Crippen MR) is 141 cm³/mol. The lowest BCUT2D eigenvalue weighted by molar-refractivity contribution is -0.143. The number of alkyl carbamates (subject to hydrolysis) is 1. The zero-order valence-corrected chi connectivity index (χ0v) is 23.5. The third-order valence-electron chi connectivity index (χ3n) is 6.17. The van der Waals surface area contributed by atoms with Crippen molar-refractivity contribution in [2.24, 2.45) is 5.92 Å². The minimum atomic E-state index is -0.816. The summed E-state index contributed by atoms with van der Waals surface area (Å²) in [5.41, 5.74) is 2.06. The van der Waals surface area contributed by atoms with Gasteiger partial charge in [-0.15, -0.1) is 0 Å². The minimum Gasteiger partial charge on any atom is -0.444 e. The van der Waals surface area contributed by atoms with Crippen molar-refractivity contribution in [3.05, 3.63) is 34.9 Å². The summed E-state index contributed by atoms with van der Waals surface area (Å²) in [5.74, 6) is -0.655. The van der Waals surface area contributed by atoms with Gasteiger partial charge in [0.15, 0.2) is 0 Å². The molecule has 0 aliphatic heterocycles. The highest BCUT2D eigenvalue weighted by Crippen LogP contribution is 2.28. The Labute approximate surface area is 212 Å². The van der Waals surface area contributed by atoms with Gasteiger partial charge in [-0.25, -0.2) is 4.79 Å². The van der Waals surface area contributed by atoms with Crippen molar-refractivity contribution in [2.45, 2.75) is 112 Å². The van der Waals surface area contributed by atoms with Crippen LogP contribution in [0, 0.1) is 19.8 Å². The third-order valence-corrected chi connectivity index (χ3v) is 6.17. The van der Waals surface area contributed by atoms with Crippen LogP contribution in [0.4, 0.5) is 4.79 Å². The van der Waals surface area contributed by atoms with Crippen molar-refractivity contribution in [1.29, 1.82) is 0 Å². The van der Waals surface area contributed by atoms with Crippen molar-refractivity contribution >= 4 is 17.9 Å². The molecule has 1 aromatic carbocycles. The summed E-state index contributed by atoms with van der Waals surface area (Å²) in [5, 5.41) is 5.89. The van der Waals surface area contributed by atoms with Gasteiger partial charge in [0.25, 0.3) is 0 Å². The summed E-state index contributed by atoms with van der Waals surface area (Å²) < 4.78 is 5.43. The van der Waals surface area contributed by atoms with Gasteiger partial charge < -0.3 is 20.3 Å². The number of hydrogen-bond acceptors (Lipinski definition) is 4. The molecule has 198 valence electrons. The number of hydrogen-bond donors (Lipinski definition) is 2. The maximum absolute atomic E-state index is 14.0. The molecule has 2 N–H and O–H groups in total. The lowest BCUT2D eigenvalue weighted by Gasteiger charge is -2.36. The molecule has 0 fully saturated rings. The van der Waals surface area contributed by atoms with Gasteiger partial charge in [-0.1, -0.05) is 57.4 Å². The zero-order valence-electron chi connectivity index (χ0n) is 23.5. The molecule has 0 aliphatic rings. The first kappa shape index (κ1) is 30.5. The van der Waals surface area contributed by atoms with Crippen molar-refractivity contribution in [3.63, 3.8) is 0 Å². The molecule has 35 heavy (non-hydrogen) atoms. The van der Waals surface area contributed by atoms with Gasteiger partial charge in [0.05, 0.1) is 0 Å². The average Bonchev–Trinajstić information content (AvgIpc) is 2.75. The number of aryl methyl sites for hydroxylation is 2. The number of carbonyl (C=O) groups is 3. The van der Waals surface area contributed by atoms with Gasteiger partial charge in [-0.3, -0.25) is 9.59 Å². The van der Waals surface area contributed by atoms with Crippen LogP contribution in [0.5, 0.6) is 0 Å². The monoisotopic (exact) mass is 489 g/mol. The Bertz CT molecular complexity index is 862. The SMILES string of the molecule is CCCC(C)NC(=O)C(c1cc(C)ccc1C)N(CC)C(=O)C(NC(=O)OC(C)(C)C)C(C)CC. The van der Waals surface area contributed by atoms with Crippen LogP contribution >= 0.6 is 0 Å². The second kappa shape index (κ2) is 13.5. The van der Waals surface area contributed by atoms with E-state index in [1.54, 1.807) is 25.7 Å². The van der Waals surface area contributed by atoms with E-state index in [-0.39, 0.29) is 23.8 Å². The fourth-order valence-corrected chi connectivity index (χ4v) is 4.09. The predicted octanol–water partition coefficient (Wildman–Crippen LogP) is 5.44. The molecule has 7 heteroatoms. The van der Waals surface area contributed by atoms with Crippen molar-refractivity contribution in [3.8, 4) is 0 Å². The van der Waals surface area contributed by atoms with E-state index in [1.165, 1.54) is 0 Å². The molecule has 0 saturated carbocycles. The van der Waals surface area contributed by atoms with Crippen molar-refractivity contribution in [2.75, 3.05) is 6.54 Å². The quantitative estimate of drug-likeness (QED) is 0.433. The van der Waals surface area contributed by atoms with Crippen molar-refractivity contribution < 1.29 is 19.1 Å². The molecule has 0 heterocycles. The van der Waals surface area contributed by atoms with Crippen LogP contribution in [0.25, 0.3) is 0 Å². The second-order valence-electron chi connectivity index (χ2n) is 10.6. The highest BCUT2D eigenvalue weighted by Gasteiger charge is 2.38. The molecule has 0 aliphatic carbocycles. The van der Waals surface area contributed by atoms with E-state index in [1.807, 2.05) is 59.7 Å². The van der Waals surface area contributed by atoms with Crippen LogP contribution in [0.2, 0.25) is 0 Å². The average molecular weight is 490 g/mol. The normalized spacial score (nSPS) is 14.9. The van der Waals surface area contributed by atoms with Gasteiger partial charge in [0.1, 0.15) is 17.7 Å². The van der Waals surface area contributed by atoms with Gasteiger partial charge in [0, 0.05) is 12.6 Å². The Morgan fingerprint density at radius 3 is 2.17 bits per heavy atom. The fraction of sp³-hybridized carbons (Fsp3) is 0.679. The standard InChI is InChI=1S/C28H47N3O4/c1-11-14-21(7)29-25(32)24(22-17-18(4)15-16-20(22)6)31(13-3)26(33)23(19(5)12-2)30-27(34)35-28(8,9)10/h15-17,19,21,23-24H,11-14H2,1-10H3,(H,29,32)(H,30,34). The van der Waals surface area contributed by atoms with Gasteiger partial charge in [0.2, 0.25) is 11.8 Å². The van der Waals surface area contributed by atoms with Crippen LogP contribution in [-0.4, -0.2) is 47.0 Å². The first-order chi connectivity index (χ1) is 16.2. The van der Waals surface area contributed by atoms with Crippen LogP contribution in [-0.2, 0) is 14.3 Å². The summed E-state index contributed by atoms with van der Waals surface area (Å²) in [6.45, 7) is 19.4. The van der Waals surface area contributed by atoms with E-state index in [9.17, 15) is 14.4 Å². The summed E-state index contributed by atoms with van der Waals surface area (Å²) in [6.07, 6.45) is 1.83. The van der Waals surface area contributed by atoms with Crippen LogP contribution < -0.4 is 10.6 Å². The van der Waals surface area contributed by atoms with Gasteiger partial charge >= 0.3 is 6.09 Å². The summed E-state index contributed by atoms with van der Waals surface area (Å²) in [4.78, 5) is 41.8. The topological polar surface area (TPSA) is 87.7 Å². The largest absolute Gasteiger partial charge is 0.444 e.